The van der Waals surface area contributed by atoms with Crippen LogP contribution in [0, 0.1) is 0 Å². The summed E-state index contributed by atoms with van der Waals surface area (Å²) in [5.74, 6) is 0. The van der Waals surface area contributed by atoms with Gasteiger partial charge >= 0.3 is 0 Å². The second kappa shape index (κ2) is 9.64. The largest absolute Gasteiger partial charge is 0.456 e. The molecule has 0 aliphatic rings. The van der Waals surface area contributed by atoms with E-state index in [2.05, 4.69) is 133 Å². The van der Waals surface area contributed by atoms with Gasteiger partial charge in [0.1, 0.15) is 11.2 Å². The first-order chi connectivity index (χ1) is 22.2. The summed E-state index contributed by atoms with van der Waals surface area (Å²) in [5, 5.41) is 7.60. The molecule has 10 rings (SSSR count). The standard InChI is InChI=1S/C42H24OS2/c1-4-10-37-31(7-1)32-16-13-25(22-38(32)43-37)28-19-29(26-14-17-35-33-8-2-5-11-39(33)44-41(35)23-26)21-30(20-28)27-15-18-36-34-9-3-6-12-40(34)45-42(36)24-27/h1-24H. The predicted molar refractivity (Wildman–Crippen MR) is 196 cm³/mol. The average molecular weight is 609 g/mol. The van der Waals surface area contributed by atoms with Crippen LogP contribution in [0.25, 0.3) is 95.7 Å². The highest BCUT2D eigenvalue weighted by Gasteiger charge is 2.14. The molecule has 7 aromatic carbocycles. The molecule has 0 aliphatic heterocycles. The lowest BCUT2D eigenvalue weighted by molar-refractivity contribution is 0.669. The van der Waals surface area contributed by atoms with Crippen molar-refractivity contribution in [2.24, 2.45) is 0 Å². The van der Waals surface area contributed by atoms with Gasteiger partial charge in [0.2, 0.25) is 0 Å². The van der Waals surface area contributed by atoms with Gasteiger partial charge in [0.15, 0.2) is 0 Å². The van der Waals surface area contributed by atoms with E-state index in [1.165, 1.54) is 68.2 Å². The molecule has 10 aromatic rings. The molecule has 0 saturated heterocycles. The lowest BCUT2D eigenvalue weighted by Gasteiger charge is -2.12. The molecule has 0 amide bonds. The Hall–Kier alpha value is -5.22. The summed E-state index contributed by atoms with van der Waals surface area (Å²) >= 11 is 3.73. The Morgan fingerprint density at radius 1 is 0.289 bits per heavy atom. The highest BCUT2D eigenvalue weighted by Crippen LogP contribution is 2.41. The zero-order chi connectivity index (χ0) is 29.5. The number of furan rings is 1. The topological polar surface area (TPSA) is 13.1 Å². The molecule has 0 aliphatic carbocycles. The SMILES string of the molecule is c1ccc2c(c1)oc1cc(-c3cc(-c4ccc5c(c4)sc4ccccc45)cc(-c4ccc5c(c4)sc4ccccc45)c3)ccc12. The van der Waals surface area contributed by atoms with Gasteiger partial charge in [-0.05, 0) is 94.0 Å². The minimum Gasteiger partial charge on any atom is -0.456 e. The van der Waals surface area contributed by atoms with Crippen LogP contribution in [0.5, 0.6) is 0 Å². The third-order valence-corrected chi connectivity index (χ3v) is 11.3. The lowest BCUT2D eigenvalue weighted by atomic mass is 9.92. The van der Waals surface area contributed by atoms with Gasteiger partial charge in [-0.1, -0.05) is 84.9 Å². The fraction of sp³-hybridized carbons (Fsp3) is 0. The summed E-state index contributed by atoms with van der Waals surface area (Å²) in [6.07, 6.45) is 0. The fourth-order valence-corrected chi connectivity index (χ4v) is 9.13. The molecular weight excluding hydrogens is 585 g/mol. The van der Waals surface area contributed by atoms with E-state index in [1.54, 1.807) is 0 Å². The zero-order valence-electron chi connectivity index (χ0n) is 24.1. The first-order valence-corrected chi connectivity index (χ1v) is 16.8. The van der Waals surface area contributed by atoms with Gasteiger partial charge in [-0.3, -0.25) is 0 Å². The predicted octanol–water partition coefficient (Wildman–Crippen LogP) is 13.3. The summed E-state index contributed by atoms with van der Waals surface area (Å²) in [6.45, 7) is 0. The third-order valence-electron chi connectivity index (χ3n) is 9.07. The summed E-state index contributed by atoms with van der Waals surface area (Å²) in [7, 11) is 0. The number of benzene rings is 7. The minimum absolute atomic E-state index is 0.916. The second-order valence-electron chi connectivity index (χ2n) is 11.7. The molecular formula is C42H24OS2. The van der Waals surface area contributed by atoms with Gasteiger partial charge in [0, 0.05) is 51.1 Å². The van der Waals surface area contributed by atoms with Crippen molar-refractivity contribution in [2.75, 3.05) is 0 Å². The van der Waals surface area contributed by atoms with E-state index in [4.69, 9.17) is 4.42 Å². The number of hydrogen-bond donors (Lipinski definition) is 0. The van der Waals surface area contributed by atoms with Gasteiger partial charge in [-0.25, -0.2) is 0 Å². The number of para-hydroxylation sites is 1. The van der Waals surface area contributed by atoms with E-state index in [0.717, 1.165) is 27.5 Å². The summed E-state index contributed by atoms with van der Waals surface area (Å²) in [5.41, 5.74) is 9.04. The van der Waals surface area contributed by atoms with Crippen LogP contribution in [0.3, 0.4) is 0 Å². The van der Waals surface area contributed by atoms with E-state index in [9.17, 15) is 0 Å². The van der Waals surface area contributed by atoms with Crippen molar-refractivity contribution in [3.05, 3.63) is 146 Å². The normalized spacial score (nSPS) is 12.0. The van der Waals surface area contributed by atoms with E-state index in [1.807, 2.05) is 34.8 Å². The Bertz CT molecular complexity index is 2460. The van der Waals surface area contributed by atoms with Gasteiger partial charge in [-0.2, -0.15) is 0 Å². The van der Waals surface area contributed by atoms with Crippen LogP contribution < -0.4 is 0 Å². The third kappa shape index (κ3) is 3.98. The van der Waals surface area contributed by atoms with Crippen molar-refractivity contribution < 1.29 is 4.42 Å². The Morgan fingerprint density at radius 2 is 0.711 bits per heavy atom. The molecule has 3 heteroatoms. The van der Waals surface area contributed by atoms with Gasteiger partial charge < -0.3 is 4.42 Å². The molecule has 0 radical (unpaired) electrons. The minimum atomic E-state index is 0.916. The van der Waals surface area contributed by atoms with Gasteiger partial charge in [-0.15, -0.1) is 22.7 Å². The van der Waals surface area contributed by atoms with E-state index < -0.39 is 0 Å². The first kappa shape index (κ1) is 25.1. The zero-order valence-corrected chi connectivity index (χ0v) is 25.7. The van der Waals surface area contributed by atoms with Gasteiger partial charge in [0.25, 0.3) is 0 Å². The molecule has 0 unspecified atom stereocenters. The van der Waals surface area contributed by atoms with Crippen molar-refractivity contribution in [3.8, 4) is 33.4 Å². The molecule has 1 nitrogen and oxygen atoms in total. The number of hydrogen-bond acceptors (Lipinski definition) is 3. The summed E-state index contributed by atoms with van der Waals surface area (Å²) < 4.78 is 11.6. The van der Waals surface area contributed by atoms with Crippen LogP contribution in [-0.2, 0) is 0 Å². The molecule has 0 atom stereocenters. The Morgan fingerprint density at radius 3 is 1.29 bits per heavy atom. The smallest absolute Gasteiger partial charge is 0.136 e. The Balaban J connectivity index is 1.18. The van der Waals surface area contributed by atoms with Crippen molar-refractivity contribution in [2.45, 2.75) is 0 Å². The van der Waals surface area contributed by atoms with Crippen LogP contribution in [-0.4, -0.2) is 0 Å². The lowest BCUT2D eigenvalue weighted by Crippen LogP contribution is -1.86. The Labute approximate surface area is 267 Å². The van der Waals surface area contributed by atoms with Crippen molar-refractivity contribution in [1.82, 2.24) is 0 Å². The maximum Gasteiger partial charge on any atom is 0.136 e. The number of rotatable bonds is 3. The molecule has 0 spiro atoms. The van der Waals surface area contributed by atoms with Crippen molar-refractivity contribution in [3.63, 3.8) is 0 Å². The van der Waals surface area contributed by atoms with Crippen LogP contribution in [0.15, 0.2) is 150 Å². The monoisotopic (exact) mass is 608 g/mol. The van der Waals surface area contributed by atoms with E-state index in [-0.39, 0.29) is 0 Å². The molecule has 3 aromatic heterocycles. The highest BCUT2D eigenvalue weighted by atomic mass is 32.1. The Kier molecular flexibility index (Phi) is 5.39. The number of fused-ring (bicyclic) bond motifs is 9. The second-order valence-corrected chi connectivity index (χ2v) is 13.9. The van der Waals surface area contributed by atoms with Crippen LogP contribution in [0.4, 0.5) is 0 Å². The van der Waals surface area contributed by atoms with Crippen LogP contribution in [0.1, 0.15) is 0 Å². The van der Waals surface area contributed by atoms with E-state index >= 15 is 0 Å². The number of thiophene rings is 2. The maximum absolute atomic E-state index is 6.30. The van der Waals surface area contributed by atoms with Crippen molar-refractivity contribution >= 4 is 85.0 Å². The quantitative estimate of drug-likeness (QED) is 0.194. The average Bonchev–Trinajstić information content (AvgIpc) is 3.78. The van der Waals surface area contributed by atoms with Crippen LogP contribution >= 0.6 is 22.7 Å². The fourth-order valence-electron chi connectivity index (χ4n) is 6.84. The maximum atomic E-state index is 6.30. The van der Waals surface area contributed by atoms with Gasteiger partial charge in [0.05, 0.1) is 0 Å². The van der Waals surface area contributed by atoms with Crippen molar-refractivity contribution in [1.29, 1.82) is 0 Å². The molecule has 0 bridgehead atoms. The van der Waals surface area contributed by atoms with Crippen LogP contribution in [0.2, 0.25) is 0 Å². The molecule has 0 fully saturated rings. The molecule has 0 N–H and O–H groups in total. The summed E-state index contributed by atoms with van der Waals surface area (Å²) in [6, 6.07) is 53.2. The summed E-state index contributed by atoms with van der Waals surface area (Å²) in [4.78, 5) is 0. The highest BCUT2D eigenvalue weighted by molar-refractivity contribution is 7.26. The molecule has 3 heterocycles. The molecule has 45 heavy (non-hydrogen) atoms. The molecule has 0 saturated carbocycles. The molecule has 210 valence electrons. The first-order valence-electron chi connectivity index (χ1n) is 15.2. The van der Waals surface area contributed by atoms with E-state index in [0.29, 0.717) is 0 Å².